The average molecular weight is 366 g/mol. The van der Waals surface area contributed by atoms with E-state index in [1.165, 1.54) is 11.8 Å². The van der Waals surface area contributed by atoms with Gasteiger partial charge >= 0.3 is 0 Å². The summed E-state index contributed by atoms with van der Waals surface area (Å²) in [4.78, 5) is 18.9. The van der Waals surface area contributed by atoms with Gasteiger partial charge in [0.2, 0.25) is 5.91 Å². The van der Waals surface area contributed by atoms with Gasteiger partial charge < -0.3 is 10.2 Å². The van der Waals surface area contributed by atoms with E-state index in [9.17, 15) is 4.79 Å². The first-order valence-corrected chi connectivity index (χ1v) is 9.26. The van der Waals surface area contributed by atoms with E-state index in [0.717, 1.165) is 22.2 Å². The number of benzene rings is 2. The monoisotopic (exact) mass is 366 g/mol. The molecule has 0 aliphatic rings. The molecule has 3 rings (SSSR count). The number of thioether (sulfide) groups is 1. The Labute approximate surface area is 158 Å². The third-order valence-corrected chi connectivity index (χ3v) is 5.02. The van der Waals surface area contributed by atoms with Crippen LogP contribution in [0.5, 0.6) is 0 Å². The predicted molar refractivity (Wildman–Crippen MR) is 108 cm³/mol. The standard InChI is InChI=1S/C20H22N4OS/c1-15(19(25)22-16-9-11-17(12-10-16)23(2)3)26-20-21-13-14-24(20)18-7-5-4-6-8-18/h4-15H,1-3H3,(H,22,25)/t15-/m0/s1. The molecule has 1 amide bonds. The van der Waals surface area contributed by atoms with Crippen LogP contribution in [-0.4, -0.2) is 34.8 Å². The van der Waals surface area contributed by atoms with E-state index in [-0.39, 0.29) is 11.2 Å². The second-order valence-electron chi connectivity index (χ2n) is 6.11. The van der Waals surface area contributed by atoms with Crippen molar-refractivity contribution in [2.24, 2.45) is 0 Å². The van der Waals surface area contributed by atoms with Crippen LogP contribution >= 0.6 is 11.8 Å². The lowest BCUT2D eigenvalue weighted by Gasteiger charge is -2.15. The van der Waals surface area contributed by atoms with Crippen molar-refractivity contribution >= 4 is 29.0 Å². The van der Waals surface area contributed by atoms with Crippen LogP contribution in [0, 0.1) is 0 Å². The molecule has 0 fully saturated rings. The summed E-state index contributed by atoms with van der Waals surface area (Å²) in [6.45, 7) is 1.89. The number of para-hydroxylation sites is 1. The zero-order valence-electron chi connectivity index (χ0n) is 15.1. The fourth-order valence-corrected chi connectivity index (χ4v) is 3.34. The van der Waals surface area contributed by atoms with Gasteiger partial charge in [0.15, 0.2) is 5.16 Å². The molecule has 0 aliphatic heterocycles. The van der Waals surface area contributed by atoms with Crippen molar-refractivity contribution in [1.82, 2.24) is 9.55 Å². The summed E-state index contributed by atoms with van der Waals surface area (Å²) in [5.74, 6) is -0.0461. The molecular weight excluding hydrogens is 344 g/mol. The van der Waals surface area contributed by atoms with Crippen LogP contribution in [0.2, 0.25) is 0 Å². The Morgan fingerprint density at radius 1 is 1.12 bits per heavy atom. The van der Waals surface area contributed by atoms with Gasteiger partial charge in [0.25, 0.3) is 0 Å². The largest absolute Gasteiger partial charge is 0.378 e. The molecule has 0 bridgehead atoms. The van der Waals surface area contributed by atoms with E-state index in [2.05, 4.69) is 10.3 Å². The summed E-state index contributed by atoms with van der Waals surface area (Å²) in [5.41, 5.74) is 2.91. The third kappa shape index (κ3) is 4.26. The van der Waals surface area contributed by atoms with Crippen LogP contribution in [0.25, 0.3) is 5.69 Å². The zero-order valence-corrected chi connectivity index (χ0v) is 15.9. The van der Waals surface area contributed by atoms with Crippen molar-refractivity contribution in [3.63, 3.8) is 0 Å². The molecule has 2 aromatic carbocycles. The van der Waals surface area contributed by atoms with Gasteiger partial charge in [-0.1, -0.05) is 30.0 Å². The Morgan fingerprint density at radius 2 is 1.81 bits per heavy atom. The molecule has 0 aliphatic carbocycles. The molecule has 5 nitrogen and oxygen atoms in total. The highest BCUT2D eigenvalue weighted by atomic mass is 32.2. The zero-order chi connectivity index (χ0) is 18.5. The SMILES string of the molecule is C[C@H](Sc1nccn1-c1ccccc1)C(=O)Nc1ccc(N(C)C)cc1. The first-order valence-electron chi connectivity index (χ1n) is 8.38. The molecular formula is C20H22N4OS. The van der Waals surface area contributed by atoms with Crippen LogP contribution in [0.15, 0.2) is 72.1 Å². The number of aromatic nitrogens is 2. The minimum atomic E-state index is -0.270. The summed E-state index contributed by atoms with van der Waals surface area (Å²) in [6, 6.07) is 17.8. The quantitative estimate of drug-likeness (QED) is 0.669. The molecule has 0 spiro atoms. The van der Waals surface area contributed by atoms with Gasteiger partial charge in [-0.25, -0.2) is 4.98 Å². The summed E-state index contributed by atoms with van der Waals surface area (Å²) >= 11 is 1.44. The lowest BCUT2D eigenvalue weighted by atomic mass is 10.2. The van der Waals surface area contributed by atoms with Gasteiger partial charge in [-0.2, -0.15) is 0 Å². The average Bonchev–Trinajstić information content (AvgIpc) is 3.11. The number of nitrogens with zero attached hydrogens (tertiary/aromatic N) is 3. The molecule has 6 heteroatoms. The van der Waals surface area contributed by atoms with E-state index in [1.54, 1.807) is 6.20 Å². The van der Waals surface area contributed by atoms with Crippen LogP contribution in [0.1, 0.15) is 6.92 Å². The van der Waals surface area contributed by atoms with Crippen molar-refractivity contribution in [3.8, 4) is 5.69 Å². The normalized spacial score (nSPS) is 11.8. The number of rotatable bonds is 6. The second-order valence-corrected chi connectivity index (χ2v) is 7.41. The molecule has 1 atom stereocenters. The van der Waals surface area contributed by atoms with Crippen LogP contribution in [-0.2, 0) is 4.79 Å². The van der Waals surface area contributed by atoms with Crippen molar-refractivity contribution < 1.29 is 4.79 Å². The molecule has 0 saturated heterocycles. The maximum absolute atomic E-state index is 12.5. The Balaban J connectivity index is 1.66. The Kier molecular flexibility index (Phi) is 5.63. The van der Waals surface area contributed by atoms with E-state index < -0.39 is 0 Å². The maximum atomic E-state index is 12.5. The molecule has 26 heavy (non-hydrogen) atoms. The summed E-state index contributed by atoms with van der Waals surface area (Å²) in [5, 5.41) is 3.49. The molecule has 1 aromatic heterocycles. The molecule has 0 saturated carbocycles. The van der Waals surface area contributed by atoms with Gasteiger partial charge in [-0.3, -0.25) is 9.36 Å². The molecule has 3 aromatic rings. The maximum Gasteiger partial charge on any atom is 0.237 e. The van der Waals surface area contributed by atoms with E-state index in [0.29, 0.717) is 0 Å². The summed E-state index contributed by atoms with van der Waals surface area (Å²) in [6.07, 6.45) is 3.65. The predicted octanol–water partition coefficient (Wildman–Crippen LogP) is 4.06. The van der Waals surface area contributed by atoms with Gasteiger partial charge in [-0.15, -0.1) is 0 Å². The number of amides is 1. The Hall–Kier alpha value is -2.73. The minimum absolute atomic E-state index is 0.0461. The number of carbonyl (C=O) groups excluding carboxylic acids is 1. The number of carbonyl (C=O) groups is 1. The Bertz CT molecular complexity index is 859. The van der Waals surface area contributed by atoms with Crippen LogP contribution < -0.4 is 10.2 Å². The summed E-state index contributed by atoms with van der Waals surface area (Å²) < 4.78 is 1.99. The highest BCUT2D eigenvalue weighted by Gasteiger charge is 2.18. The molecule has 0 unspecified atom stereocenters. The van der Waals surface area contributed by atoms with Gasteiger partial charge in [-0.05, 0) is 43.3 Å². The topological polar surface area (TPSA) is 50.2 Å². The number of imidazole rings is 1. The smallest absolute Gasteiger partial charge is 0.237 e. The molecule has 0 radical (unpaired) electrons. The second kappa shape index (κ2) is 8.10. The highest BCUT2D eigenvalue weighted by molar-refractivity contribution is 8.00. The fraction of sp³-hybridized carbons (Fsp3) is 0.200. The van der Waals surface area contributed by atoms with Crippen LogP contribution in [0.3, 0.4) is 0 Å². The first-order chi connectivity index (χ1) is 12.5. The minimum Gasteiger partial charge on any atom is -0.378 e. The van der Waals surface area contributed by atoms with Crippen molar-refractivity contribution in [1.29, 1.82) is 0 Å². The number of hydrogen-bond acceptors (Lipinski definition) is 4. The van der Waals surface area contributed by atoms with Gasteiger partial charge in [0, 0.05) is 43.6 Å². The number of hydrogen-bond donors (Lipinski definition) is 1. The number of nitrogens with one attached hydrogen (secondary N) is 1. The van der Waals surface area contributed by atoms with E-state index >= 15 is 0 Å². The van der Waals surface area contributed by atoms with Crippen molar-refractivity contribution in [2.75, 3.05) is 24.3 Å². The highest BCUT2D eigenvalue weighted by Crippen LogP contribution is 2.25. The van der Waals surface area contributed by atoms with E-state index in [4.69, 9.17) is 0 Å². The molecule has 1 N–H and O–H groups in total. The van der Waals surface area contributed by atoms with Crippen LogP contribution in [0.4, 0.5) is 11.4 Å². The molecule has 134 valence electrons. The number of anilines is 2. The van der Waals surface area contributed by atoms with Gasteiger partial charge in [0.05, 0.1) is 5.25 Å². The lowest BCUT2D eigenvalue weighted by molar-refractivity contribution is -0.115. The van der Waals surface area contributed by atoms with Crippen molar-refractivity contribution in [3.05, 3.63) is 67.0 Å². The fourth-order valence-electron chi connectivity index (χ4n) is 2.46. The first kappa shape index (κ1) is 18.1. The third-order valence-electron chi connectivity index (χ3n) is 3.94. The summed E-state index contributed by atoms with van der Waals surface area (Å²) in [7, 11) is 3.97. The van der Waals surface area contributed by atoms with E-state index in [1.807, 2.05) is 91.3 Å². The van der Waals surface area contributed by atoms with Crippen molar-refractivity contribution in [2.45, 2.75) is 17.3 Å². The Morgan fingerprint density at radius 3 is 2.46 bits per heavy atom. The molecule has 1 heterocycles. The van der Waals surface area contributed by atoms with Gasteiger partial charge in [0.1, 0.15) is 0 Å². The lowest BCUT2D eigenvalue weighted by Crippen LogP contribution is -2.22.